The van der Waals surface area contributed by atoms with Crippen LogP contribution in [-0.2, 0) is 4.79 Å². The Labute approximate surface area is 242 Å². The first-order valence-corrected chi connectivity index (χ1v) is 15.3. The van der Waals surface area contributed by atoms with E-state index in [-0.39, 0.29) is 17.9 Å². The van der Waals surface area contributed by atoms with Gasteiger partial charge in [-0.1, -0.05) is 29.8 Å². The zero-order chi connectivity index (χ0) is 27.6. The van der Waals surface area contributed by atoms with E-state index < -0.39 is 0 Å². The van der Waals surface area contributed by atoms with E-state index in [2.05, 4.69) is 57.3 Å². The number of nitrogens with zero attached hydrogens (tertiary/aromatic N) is 3. The van der Waals surface area contributed by atoms with Gasteiger partial charge in [0.05, 0.1) is 30.5 Å². The summed E-state index contributed by atoms with van der Waals surface area (Å²) in [5.41, 5.74) is 4.44. The highest BCUT2D eigenvalue weighted by atomic mass is 35.5. The Balaban J connectivity index is 1.19. The van der Waals surface area contributed by atoms with Crippen molar-refractivity contribution in [1.82, 2.24) is 9.78 Å². The van der Waals surface area contributed by atoms with E-state index in [1.807, 2.05) is 12.3 Å². The number of carbonyl (C=O) groups is 1. The molecule has 1 aromatic heterocycles. The molecule has 3 aromatic rings. The van der Waals surface area contributed by atoms with Crippen molar-refractivity contribution < 1.29 is 14.6 Å². The highest BCUT2D eigenvalue weighted by Crippen LogP contribution is 2.40. The lowest BCUT2D eigenvalue weighted by Crippen LogP contribution is -2.41. The second-order valence-corrected chi connectivity index (χ2v) is 12.5. The van der Waals surface area contributed by atoms with Crippen LogP contribution in [-0.4, -0.2) is 40.6 Å². The number of aliphatic hydroxyl groups is 1. The third-order valence-electron chi connectivity index (χ3n) is 9.26. The molecule has 1 amide bonds. The minimum absolute atomic E-state index is 0.0255. The van der Waals surface area contributed by atoms with Gasteiger partial charge in [0.15, 0.2) is 0 Å². The van der Waals surface area contributed by atoms with Gasteiger partial charge in [0.1, 0.15) is 5.75 Å². The fraction of sp³-hybridized carbons (Fsp3) is 0.515. The summed E-state index contributed by atoms with van der Waals surface area (Å²) in [6.07, 6.45) is 13.5. The van der Waals surface area contributed by atoms with Crippen molar-refractivity contribution in [1.29, 1.82) is 0 Å². The molecule has 3 aliphatic rings. The predicted octanol–water partition coefficient (Wildman–Crippen LogP) is 7.41. The molecule has 6 nitrogen and oxygen atoms in total. The van der Waals surface area contributed by atoms with E-state index in [9.17, 15) is 9.90 Å². The number of hydrogen-bond donors (Lipinski definition) is 1. The average molecular weight is 562 g/mol. The first-order chi connectivity index (χ1) is 19.5. The number of carbonyl (C=O) groups excluding carboxylic acids is 1. The molecule has 0 spiro atoms. The van der Waals surface area contributed by atoms with Gasteiger partial charge in [-0.25, -0.2) is 0 Å². The lowest BCUT2D eigenvalue weighted by molar-refractivity contribution is -0.124. The standard InChI is InChI=1S/C33H40ClN3O3/c1-40-32-16-11-26(18-31(32)34)23-7-5-22(6-8-23)20-36(33(39)24-9-14-30(38)15-10-24)29-4-2-3-25(17-29)27-19-35-37(21-27)28-12-13-28/h2-4,11,16-19,21-24,28,30,38H,5-10,12-15,20H2,1H3/t22-,23-,24-,30-. The monoisotopic (exact) mass is 561 g/mol. The van der Waals surface area contributed by atoms with Crippen LogP contribution in [0, 0.1) is 11.8 Å². The molecule has 1 N–H and O–H groups in total. The summed E-state index contributed by atoms with van der Waals surface area (Å²) < 4.78 is 7.41. The van der Waals surface area contributed by atoms with Crippen LogP contribution in [0.5, 0.6) is 5.75 Å². The molecular weight excluding hydrogens is 522 g/mol. The Bertz CT molecular complexity index is 1320. The molecule has 2 aromatic carbocycles. The van der Waals surface area contributed by atoms with E-state index in [0.29, 0.717) is 41.5 Å². The maximum atomic E-state index is 14.0. The highest BCUT2D eigenvalue weighted by Gasteiger charge is 2.32. The molecule has 1 heterocycles. The molecule has 0 radical (unpaired) electrons. The van der Waals surface area contributed by atoms with Crippen LogP contribution in [0.1, 0.15) is 81.7 Å². The summed E-state index contributed by atoms with van der Waals surface area (Å²) in [4.78, 5) is 16.1. The summed E-state index contributed by atoms with van der Waals surface area (Å²) >= 11 is 6.42. The van der Waals surface area contributed by atoms with Crippen LogP contribution in [0.15, 0.2) is 54.9 Å². The number of rotatable bonds is 8. The Morgan fingerprint density at radius 3 is 2.48 bits per heavy atom. The second kappa shape index (κ2) is 12.0. The van der Waals surface area contributed by atoms with Gasteiger partial charge in [-0.15, -0.1) is 0 Å². The normalized spacial score (nSPS) is 25.0. The van der Waals surface area contributed by atoms with Gasteiger partial charge in [0.25, 0.3) is 0 Å². The fourth-order valence-electron chi connectivity index (χ4n) is 6.62. The van der Waals surface area contributed by atoms with Gasteiger partial charge < -0.3 is 14.7 Å². The number of aliphatic hydroxyl groups excluding tert-OH is 1. The molecule has 3 saturated carbocycles. The van der Waals surface area contributed by atoms with Gasteiger partial charge in [0, 0.05) is 29.9 Å². The molecular formula is C33H40ClN3O3. The molecule has 6 rings (SSSR count). The molecule has 3 fully saturated rings. The predicted molar refractivity (Wildman–Crippen MR) is 159 cm³/mol. The van der Waals surface area contributed by atoms with Crippen LogP contribution in [0.2, 0.25) is 5.02 Å². The molecule has 3 aliphatic carbocycles. The number of hydrogen-bond acceptors (Lipinski definition) is 4. The third-order valence-corrected chi connectivity index (χ3v) is 9.56. The quantitative estimate of drug-likeness (QED) is 0.311. The van der Waals surface area contributed by atoms with E-state index in [0.717, 1.165) is 61.9 Å². The zero-order valence-corrected chi connectivity index (χ0v) is 24.1. The van der Waals surface area contributed by atoms with Crippen molar-refractivity contribution in [2.24, 2.45) is 11.8 Å². The van der Waals surface area contributed by atoms with Crippen molar-refractivity contribution in [2.45, 2.75) is 82.3 Å². The van der Waals surface area contributed by atoms with Crippen LogP contribution in [0.25, 0.3) is 11.1 Å². The number of anilines is 1. The number of methoxy groups -OCH3 is 1. The maximum absolute atomic E-state index is 14.0. The molecule has 0 saturated heterocycles. The molecule has 0 unspecified atom stereocenters. The number of aromatic nitrogens is 2. The number of halogens is 1. The Kier molecular flexibility index (Phi) is 8.17. The SMILES string of the molecule is COc1ccc([C@H]2CC[C@H](CN(c3cccc(-c4cnn(C5CC5)c4)c3)C(=O)[C@H]3CC[C@H](O)CC3)CC2)cc1Cl. The van der Waals surface area contributed by atoms with Crippen LogP contribution < -0.4 is 9.64 Å². The zero-order valence-electron chi connectivity index (χ0n) is 23.3. The van der Waals surface area contributed by atoms with Gasteiger partial charge in [-0.3, -0.25) is 9.48 Å². The van der Waals surface area contributed by atoms with Crippen molar-refractivity contribution in [3.63, 3.8) is 0 Å². The molecule has 212 valence electrons. The van der Waals surface area contributed by atoms with Crippen LogP contribution in [0.3, 0.4) is 0 Å². The lowest BCUT2D eigenvalue weighted by Gasteiger charge is -2.36. The van der Waals surface area contributed by atoms with E-state index in [4.69, 9.17) is 16.3 Å². The summed E-state index contributed by atoms with van der Waals surface area (Å²) in [6, 6.07) is 15.1. The first kappa shape index (κ1) is 27.3. The second-order valence-electron chi connectivity index (χ2n) is 12.1. The Hall–Kier alpha value is -2.83. The molecule has 40 heavy (non-hydrogen) atoms. The minimum Gasteiger partial charge on any atom is -0.495 e. The summed E-state index contributed by atoms with van der Waals surface area (Å²) in [6.45, 7) is 0.735. The third kappa shape index (κ3) is 6.08. The van der Waals surface area contributed by atoms with Crippen LogP contribution in [0.4, 0.5) is 5.69 Å². The smallest absolute Gasteiger partial charge is 0.230 e. The van der Waals surface area contributed by atoms with Crippen LogP contribution >= 0.6 is 11.6 Å². The van der Waals surface area contributed by atoms with Gasteiger partial charge >= 0.3 is 0 Å². The first-order valence-electron chi connectivity index (χ1n) is 15.0. The molecule has 0 aliphatic heterocycles. The average Bonchev–Trinajstić information content (AvgIpc) is 3.72. The number of benzene rings is 2. The van der Waals surface area contributed by atoms with E-state index in [1.165, 1.54) is 18.4 Å². The van der Waals surface area contributed by atoms with Crippen molar-refractivity contribution in [2.75, 3.05) is 18.6 Å². The topological polar surface area (TPSA) is 67.6 Å². The minimum atomic E-state index is -0.273. The number of ether oxygens (including phenoxy) is 1. The largest absolute Gasteiger partial charge is 0.495 e. The fourth-order valence-corrected chi connectivity index (χ4v) is 6.88. The lowest BCUT2D eigenvalue weighted by atomic mass is 9.78. The summed E-state index contributed by atoms with van der Waals surface area (Å²) in [7, 11) is 1.64. The van der Waals surface area contributed by atoms with E-state index in [1.54, 1.807) is 7.11 Å². The van der Waals surface area contributed by atoms with Gasteiger partial charge in [0.2, 0.25) is 5.91 Å². The molecule has 0 bridgehead atoms. The van der Waals surface area contributed by atoms with Gasteiger partial charge in [-0.2, -0.15) is 5.10 Å². The molecule has 0 atom stereocenters. The summed E-state index contributed by atoms with van der Waals surface area (Å²) in [5.74, 6) is 1.83. The van der Waals surface area contributed by atoms with Crippen molar-refractivity contribution >= 4 is 23.2 Å². The van der Waals surface area contributed by atoms with Gasteiger partial charge in [-0.05, 0) is 111 Å². The van der Waals surface area contributed by atoms with Crippen molar-refractivity contribution in [3.8, 4) is 16.9 Å². The number of amides is 1. The maximum Gasteiger partial charge on any atom is 0.230 e. The highest BCUT2D eigenvalue weighted by molar-refractivity contribution is 6.32. The Morgan fingerprint density at radius 1 is 1.00 bits per heavy atom. The summed E-state index contributed by atoms with van der Waals surface area (Å²) in [5, 5.41) is 15.3. The van der Waals surface area contributed by atoms with E-state index >= 15 is 0 Å². The van der Waals surface area contributed by atoms with Crippen molar-refractivity contribution in [3.05, 3.63) is 65.4 Å². The molecule has 7 heteroatoms. The Morgan fingerprint density at radius 2 is 1.77 bits per heavy atom.